The third-order valence-corrected chi connectivity index (χ3v) is 5.38. The van der Waals surface area contributed by atoms with Crippen molar-refractivity contribution in [3.63, 3.8) is 0 Å². The molecule has 1 atom stereocenters. The summed E-state index contributed by atoms with van der Waals surface area (Å²) in [6.45, 7) is 0.741. The van der Waals surface area contributed by atoms with Crippen molar-refractivity contribution >= 4 is 0 Å². The standard InChI is InChI=1S/C22H23N3O5/c1-29-16-10-14-8-9-23-19(15(14)11-17(16)30-2)18-20(26)24-22(28)25(21(18)27)12-13-6-4-3-5-7-13/h3-7,10-11,19,23,27H,8-9,12H2,1-2H3,(H,24,26,28). The molecule has 1 aliphatic rings. The molecule has 1 aromatic heterocycles. The molecular formula is C22H23N3O5. The molecule has 1 unspecified atom stereocenters. The van der Waals surface area contributed by atoms with Crippen molar-refractivity contribution in [3.05, 3.63) is 85.6 Å². The van der Waals surface area contributed by atoms with Gasteiger partial charge in [0.1, 0.15) is 0 Å². The summed E-state index contributed by atoms with van der Waals surface area (Å²) in [6.07, 6.45) is 0.731. The fourth-order valence-electron chi connectivity index (χ4n) is 3.89. The minimum Gasteiger partial charge on any atom is -0.494 e. The number of hydrogen-bond acceptors (Lipinski definition) is 6. The second-order valence-electron chi connectivity index (χ2n) is 7.11. The van der Waals surface area contributed by atoms with Gasteiger partial charge in [0.05, 0.1) is 32.4 Å². The normalized spacial score (nSPS) is 15.5. The molecule has 0 saturated heterocycles. The maximum Gasteiger partial charge on any atom is 0.331 e. The van der Waals surface area contributed by atoms with Crippen molar-refractivity contribution in [2.24, 2.45) is 0 Å². The summed E-state index contributed by atoms with van der Waals surface area (Å²) in [4.78, 5) is 27.5. The molecule has 0 radical (unpaired) electrons. The van der Waals surface area contributed by atoms with Crippen LogP contribution in [-0.2, 0) is 13.0 Å². The first-order chi connectivity index (χ1) is 14.5. The zero-order valence-corrected chi connectivity index (χ0v) is 16.8. The van der Waals surface area contributed by atoms with Gasteiger partial charge in [-0.05, 0) is 35.2 Å². The summed E-state index contributed by atoms with van der Waals surface area (Å²) in [6, 6.07) is 12.4. The highest BCUT2D eigenvalue weighted by Crippen LogP contribution is 2.38. The van der Waals surface area contributed by atoms with E-state index in [9.17, 15) is 14.7 Å². The molecule has 2 heterocycles. The molecule has 0 fully saturated rings. The molecule has 156 valence electrons. The van der Waals surface area contributed by atoms with E-state index in [2.05, 4.69) is 10.3 Å². The van der Waals surface area contributed by atoms with Gasteiger partial charge in [-0.25, -0.2) is 4.79 Å². The van der Waals surface area contributed by atoms with E-state index in [1.54, 1.807) is 20.3 Å². The van der Waals surface area contributed by atoms with Crippen LogP contribution >= 0.6 is 0 Å². The van der Waals surface area contributed by atoms with Gasteiger partial charge in [0.15, 0.2) is 11.5 Å². The van der Waals surface area contributed by atoms with Gasteiger partial charge in [0, 0.05) is 6.54 Å². The number of fused-ring (bicyclic) bond motifs is 1. The largest absolute Gasteiger partial charge is 0.494 e. The molecule has 8 heteroatoms. The molecule has 1 aliphatic heterocycles. The van der Waals surface area contributed by atoms with Gasteiger partial charge in [-0.3, -0.25) is 14.3 Å². The Kier molecular flexibility index (Phi) is 5.33. The molecule has 2 aromatic carbocycles. The van der Waals surface area contributed by atoms with Crippen LogP contribution in [0.4, 0.5) is 0 Å². The number of aromatic hydroxyl groups is 1. The summed E-state index contributed by atoms with van der Waals surface area (Å²) >= 11 is 0. The number of nitrogens with one attached hydrogen (secondary N) is 2. The van der Waals surface area contributed by atoms with Crippen molar-refractivity contribution in [2.45, 2.75) is 19.0 Å². The predicted molar refractivity (Wildman–Crippen MR) is 112 cm³/mol. The molecule has 0 aliphatic carbocycles. The quantitative estimate of drug-likeness (QED) is 0.590. The molecule has 0 bridgehead atoms. The SMILES string of the molecule is COc1cc2c(cc1OC)C(c1c(O)n(Cc3ccccc3)c(=O)[nH]c1=O)NCC2. The number of methoxy groups -OCH3 is 2. The molecule has 0 saturated carbocycles. The first kappa shape index (κ1) is 19.8. The Morgan fingerprint density at radius 2 is 1.80 bits per heavy atom. The van der Waals surface area contributed by atoms with Crippen LogP contribution < -0.4 is 26.0 Å². The molecule has 30 heavy (non-hydrogen) atoms. The van der Waals surface area contributed by atoms with E-state index in [0.717, 1.165) is 23.1 Å². The average molecular weight is 409 g/mol. The Labute approximate surface area is 172 Å². The molecule has 8 nitrogen and oxygen atoms in total. The molecule has 3 aromatic rings. The van der Waals surface area contributed by atoms with Crippen molar-refractivity contribution in [1.29, 1.82) is 0 Å². The fraction of sp³-hybridized carbons (Fsp3) is 0.273. The third-order valence-electron chi connectivity index (χ3n) is 5.38. The van der Waals surface area contributed by atoms with Crippen LogP contribution in [0.3, 0.4) is 0 Å². The number of hydrogen-bond donors (Lipinski definition) is 3. The monoisotopic (exact) mass is 409 g/mol. The Morgan fingerprint density at radius 1 is 1.10 bits per heavy atom. The smallest absolute Gasteiger partial charge is 0.331 e. The van der Waals surface area contributed by atoms with Gasteiger partial charge >= 0.3 is 5.69 Å². The topological polar surface area (TPSA) is 106 Å². The Morgan fingerprint density at radius 3 is 2.50 bits per heavy atom. The number of aromatic nitrogens is 2. The number of benzene rings is 2. The van der Waals surface area contributed by atoms with E-state index in [-0.39, 0.29) is 18.0 Å². The van der Waals surface area contributed by atoms with Crippen LogP contribution in [-0.4, -0.2) is 35.4 Å². The number of nitrogens with zero attached hydrogens (tertiary/aromatic N) is 1. The van der Waals surface area contributed by atoms with Gasteiger partial charge < -0.3 is 19.9 Å². The molecule has 3 N–H and O–H groups in total. The van der Waals surface area contributed by atoms with E-state index in [4.69, 9.17) is 9.47 Å². The lowest BCUT2D eigenvalue weighted by Crippen LogP contribution is -2.39. The minimum atomic E-state index is -0.659. The van der Waals surface area contributed by atoms with Crippen molar-refractivity contribution in [3.8, 4) is 17.4 Å². The zero-order valence-electron chi connectivity index (χ0n) is 16.8. The second kappa shape index (κ2) is 8.08. The summed E-state index contributed by atoms with van der Waals surface area (Å²) < 4.78 is 12.0. The van der Waals surface area contributed by atoms with Crippen LogP contribution in [0.25, 0.3) is 0 Å². The number of rotatable bonds is 5. The average Bonchev–Trinajstić information content (AvgIpc) is 2.76. The van der Waals surface area contributed by atoms with Gasteiger partial charge in [-0.15, -0.1) is 0 Å². The highest BCUT2D eigenvalue weighted by atomic mass is 16.5. The van der Waals surface area contributed by atoms with Gasteiger partial charge in [-0.1, -0.05) is 30.3 Å². The predicted octanol–water partition coefficient (Wildman–Crippen LogP) is 1.54. The lowest BCUT2D eigenvalue weighted by molar-refractivity contribution is 0.352. The second-order valence-corrected chi connectivity index (χ2v) is 7.11. The van der Waals surface area contributed by atoms with Gasteiger partial charge in [-0.2, -0.15) is 0 Å². The minimum absolute atomic E-state index is 0.0960. The van der Waals surface area contributed by atoms with E-state index >= 15 is 0 Å². The summed E-state index contributed by atoms with van der Waals surface area (Å²) in [5.41, 5.74) is 1.42. The van der Waals surface area contributed by atoms with Crippen molar-refractivity contribution < 1.29 is 14.6 Å². The number of ether oxygens (including phenoxy) is 2. The zero-order chi connectivity index (χ0) is 21.3. The van der Waals surface area contributed by atoms with E-state index < -0.39 is 17.3 Å². The highest BCUT2D eigenvalue weighted by Gasteiger charge is 2.30. The van der Waals surface area contributed by atoms with Crippen LogP contribution in [0, 0.1) is 0 Å². The lowest BCUT2D eigenvalue weighted by Gasteiger charge is -2.28. The van der Waals surface area contributed by atoms with E-state index in [1.165, 1.54) is 4.57 Å². The van der Waals surface area contributed by atoms with Gasteiger partial charge in [0.2, 0.25) is 5.88 Å². The molecule has 0 amide bonds. The maximum absolute atomic E-state index is 12.7. The molecule has 4 rings (SSSR count). The number of aromatic amines is 1. The molecular weight excluding hydrogens is 386 g/mol. The first-order valence-corrected chi connectivity index (χ1v) is 9.61. The maximum atomic E-state index is 12.7. The van der Waals surface area contributed by atoms with Crippen molar-refractivity contribution in [2.75, 3.05) is 20.8 Å². The summed E-state index contributed by atoms with van der Waals surface area (Å²) in [7, 11) is 3.11. The lowest BCUT2D eigenvalue weighted by atomic mass is 9.90. The third kappa shape index (κ3) is 3.46. The fourth-order valence-corrected chi connectivity index (χ4v) is 3.89. The van der Waals surface area contributed by atoms with E-state index in [1.807, 2.05) is 36.4 Å². The van der Waals surface area contributed by atoms with Gasteiger partial charge in [0.25, 0.3) is 5.56 Å². The van der Waals surface area contributed by atoms with Crippen LogP contribution in [0.15, 0.2) is 52.1 Å². The van der Waals surface area contributed by atoms with Crippen molar-refractivity contribution in [1.82, 2.24) is 14.9 Å². The Bertz CT molecular complexity index is 1180. The summed E-state index contributed by atoms with van der Waals surface area (Å²) in [5, 5.41) is 14.2. The van der Waals surface area contributed by atoms with Crippen LogP contribution in [0.5, 0.6) is 17.4 Å². The molecule has 0 spiro atoms. The van der Waals surface area contributed by atoms with E-state index in [0.29, 0.717) is 18.0 Å². The Balaban J connectivity index is 1.85. The first-order valence-electron chi connectivity index (χ1n) is 9.61. The van der Waals surface area contributed by atoms with Crippen LogP contribution in [0.1, 0.15) is 28.3 Å². The number of H-pyrrole nitrogens is 1. The Hall–Kier alpha value is -3.52. The van der Waals surface area contributed by atoms with Crippen LogP contribution in [0.2, 0.25) is 0 Å². The summed E-state index contributed by atoms with van der Waals surface area (Å²) in [5.74, 6) is 0.773. The highest BCUT2D eigenvalue weighted by molar-refractivity contribution is 5.52.